The summed E-state index contributed by atoms with van der Waals surface area (Å²) in [5, 5.41) is 9.46. The summed E-state index contributed by atoms with van der Waals surface area (Å²) in [5.74, 6) is 1.68. The molecule has 1 aliphatic carbocycles. The number of aryl methyl sites for hydroxylation is 4. The van der Waals surface area contributed by atoms with E-state index >= 15 is 0 Å². The second-order valence-electron chi connectivity index (χ2n) is 9.81. The van der Waals surface area contributed by atoms with E-state index in [9.17, 15) is 9.90 Å². The fourth-order valence-electron chi connectivity index (χ4n) is 5.75. The minimum absolute atomic E-state index is 0.235. The van der Waals surface area contributed by atoms with Gasteiger partial charge in [0, 0.05) is 43.3 Å². The summed E-state index contributed by atoms with van der Waals surface area (Å²) < 4.78 is 13.6. The van der Waals surface area contributed by atoms with Crippen LogP contribution in [0.25, 0.3) is 11.0 Å². The van der Waals surface area contributed by atoms with Crippen molar-refractivity contribution in [3.8, 4) is 0 Å². The second-order valence-corrected chi connectivity index (χ2v) is 9.81. The quantitative estimate of drug-likeness (QED) is 0.540. The van der Waals surface area contributed by atoms with Crippen LogP contribution in [0, 0.1) is 12.8 Å². The maximum absolute atomic E-state index is 11.5. The van der Waals surface area contributed by atoms with Crippen molar-refractivity contribution in [2.24, 2.45) is 5.92 Å². The topological polar surface area (TPSA) is 93.6 Å². The number of oxazole rings is 1. The maximum Gasteiger partial charge on any atom is 0.306 e. The molecule has 2 aliphatic rings. The third kappa shape index (κ3) is 4.19. The van der Waals surface area contributed by atoms with Gasteiger partial charge in [0.2, 0.25) is 0 Å². The highest BCUT2D eigenvalue weighted by atomic mass is 16.5. The molecule has 3 aromatic rings. The van der Waals surface area contributed by atoms with Crippen LogP contribution in [-0.2, 0) is 28.8 Å². The first kappa shape index (κ1) is 22.9. The average Bonchev–Trinajstić information content (AvgIpc) is 3.42. The van der Waals surface area contributed by atoms with Crippen molar-refractivity contribution >= 4 is 22.7 Å². The van der Waals surface area contributed by atoms with E-state index in [2.05, 4.69) is 33.5 Å². The van der Waals surface area contributed by atoms with E-state index in [0.29, 0.717) is 32.0 Å². The average molecular weight is 467 g/mol. The van der Waals surface area contributed by atoms with Gasteiger partial charge in [-0.3, -0.25) is 4.79 Å². The molecule has 182 valence electrons. The van der Waals surface area contributed by atoms with E-state index < -0.39 is 5.97 Å². The number of aliphatic carboxylic acids is 1. The Morgan fingerprint density at radius 1 is 1.21 bits per heavy atom. The lowest BCUT2D eigenvalue weighted by molar-refractivity contribution is -0.143. The first-order valence-corrected chi connectivity index (χ1v) is 12.4. The third-order valence-electron chi connectivity index (χ3n) is 7.58. The zero-order valence-corrected chi connectivity index (χ0v) is 20.3. The minimum Gasteiger partial charge on any atom is -0.481 e. The molecule has 34 heavy (non-hydrogen) atoms. The van der Waals surface area contributed by atoms with Gasteiger partial charge in [-0.1, -0.05) is 0 Å². The Balaban J connectivity index is 1.54. The third-order valence-corrected chi connectivity index (χ3v) is 7.58. The van der Waals surface area contributed by atoms with Crippen molar-refractivity contribution in [1.29, 1.82) is 0 Å². The van der Waals surface area contributed by atoms with Crippen LogP contribution in [0.5, 0.6) is 0 Å². The first-order chi connectivity index (χ1) is 16.5. The summed E-state index contributed by atoms with van der Waals surface area (Å²) >= 11 is 0. The Hall–Kier alpha value is -2.87. The molecular formula is C26H34N4O4. The Morgan fingerprint density at radius 3 is 2.68 bits per heavy atom. The van der Waals surface area contributed by atoms with Crippen LogP contribution in [0.3, 0.4) is 0 Å². The molecule has 0 bridgehead atoms. The van der Waals surface area contributed by atoms with Crippen LogP contribution < -0.4 is 4.90 Å². The minimum atomic E-state index is -0.671. The van der Waals surface area contributed by atoms with Crippen molar-refractivity contribution in [3.05, 3.63) is 41.4 Å². The van der Waals surface area contributed by atoms with Gasteiger partial charge in [-0.25, -0.2) is 9.97 Å². The predicted molar refractivity (Wildman–Crippen MR) is 129 cm³/mol. The molecular weight excluding hydrogens is 432 g/mol. The normalized spacial score (nSPS) is 22.8. The van der Waals surface area contributed by atoms with Crippen molar-refractivity contribution in [3.63, 3.8) is 0 Å². The fraction of sp³-hybridized carbons (Fsp3) is 0.577. The van der Waals surface area contributed by atoms with Crippen LogP contribution in [0.1, 0.15) is 68.1 Å². The Labute approximate surface area is 199 Å². The highest BCUT2D eigenvalue weighted by Crippen LogP contribution is 2.40. The van der Waals surface area contributed by atoms with Gasteiger partial charge in [0.05, 0.1) is 23.1 Å². The lowest BCUT2D eigenvalue weighted by Crippen LogP contribution is -2.38. The Kier molecular flexibility index (Phi) is 6.34. The van der Waals surface area contributed by atoms with Crippen LogP contribution in [0.15, 0.2) is 22.7 Å². The first-order valence-electron chi connectivity index (χ1n) is 12.4. The molecule has 0 unspecified atom stereocenters. The van der Waals surface area contributed by atoms with E-state index in [1.54, 1.807) is 13.3 Å². The second kappa shape index (κ2) is 9.41. The molecule has 1 aliphatic heterocycles. The molecule has 2 aromatic heterocycles. The molecule has 8 heteroatoms. The smallest absolute Gasteiger partial charge is 0.306 e. The van der Waals surface area contributed by atoms with E-state index in [0.717, 1.165) is 60.6 Å². The molecule has 1 saturated carbocycles. The number of benzene rings is 1. The van der Waals surface area contributed by atoms with Gasteiger partial charge in [-0.05, 0) is 64.5 Å². The number of carboxylic acid groups (broad SMARTS) is 1. The van der Waals surface area contributed by atoms with Gasteiger partial charge in [0.15, 0.2) is 5.89 Å². The van der Waals surface area contributed by atoms with Crippen LogP contribution in [-0.4, -0.2) is 45.5 Å². The maximum atomic E-state index is 11.5. The van der Waals surface area contributed by atoms with Gasteiger partial charge >= 0.3 is 5.97 Å². The van der Waals surface area contributed by atoms with E-state index in [-0.39, 0.29) is 12.0 Å². The summed E-state index contributed by atoms with van der Waals surface area (Å²) in [6.07, 6.45) is 8.38. The number of hydrogen-bond donors (Lipinski definition) is 1. The van der Waals surface area contributed by atoms with Crippen LogP contribution in [0.2, 0.25) is 0 Å². The van der Waals surface area contributed by atoms with Crippen LogP contribution in [0.4, 0.5) is 5.69 Å². The number of imidazole rings is 1. The summed E-state index contributed by atoms with van der Waals surface area (Å²) in [7, 11) is 1.74. The molecule has 8 nitrogen and oxygen atoms in total. The van der Waals surface area contributed by atoms with Gasteiger partial charge in [0.1, 0.15) is 18.3 Å². The molecule has 1 atom stereocenters. The number of rotatable bonds is 7. The Bertz CT molecular complexity index is 1180. The molecule has 0 spiro atoms. The lowest BCUT2D eigenvalue weighted by Gasteiger charge is -2.36. The number of fused-ring (bicyclic) bond motifs is 3. The van der Waals surface area contributed by atoms with Crippen molar-refractivity contribution in [1.82, 2.24) is 14.5 Å². The number of nitrogens with zero attached hydrogens (tertiary/aromatic N) is 4. The van der Waals surface area contributed by atoms with Crippen molar-refractivity contribution in [2.75, 3.05) is 18.7 Å². The van der Waals surface area contributed by atoms with Crippen molar-refractivity contribution in [2.45, 2.75) is 77.3 Å². The van der Waals surface area contributed by atoms with Crippen molar-refractivity contribution < 1.29 is 19.1 Å². The number of ether oxygens (including phenoxy) is 1. The number of carbonyl (C=O) groups is 1. The predicted octanol–water partition coefficient (Wildman–Crippen LogP) is 4.68. The molecule has 0 saturated heterocycles. The van der Waals surface area contributed by atoms with Gasteiger partial charge in [-0.15, -0.1) is 0 Å². The number of anilines is 1. The van der Waals surface area contributed by atoms with Gasteiger partial charge in [-0.2, -0.15) is 0 Å². The largest absolute Gasteiger partial charge is 0.481 e. The van der Waals surface area contributed by atoms with Gasteiger partial charge < -0.3 is 23.7 Å². The highest BCUT2D eigenvalue weighted by molar-refractivity contribution is 5.86. The number of aromatic nitrogens is 3. The number of methoxy groups -OCH3 is 1. The summed E-state index contributed by atoms with van der Waals surface area (Å²) in [6, 6.07) is 5.10. The van der Waals surface area contributed by atoms with E-state index in [1.807, 2.05) is 6.92 Å². The molecule has 0 radical (unpaired) electrons. The van der Waals surface area contributed by atoms with Crippen LogP contribution >= 0.6 is 0 Å². The Morgan fingerprint density at radius 2 is 2.00 bits per heavy atom. The standard InChI is InChI=1S/C26H34N4O4/c1-16-4-9-20-21(29(16)15-33-3)10-11-22-25(20)28-23(12-13-24-27-14-17(2)34-24)30(22)19-7-5-18(6-8-19)26(31)32/h10-11,14,16,18-19H,4-9,12-13,15H2,1-3H3,(H,31,32)/t16-,18?,19?/m0/s1. The summed E-state index contributed by atoms with van der Waals surface area (Å²) in [6.45, 7) is 4.72. The number of hydrogen-bond acceptors (Lipinski definition) is 6. The summed E-state index contributed by atoms with van der Waals surface area (Å²) in [4.78, 5) is 23.4. The monoisotopic (exact) mass is 466 g/mol. The fourth-order valence-corrected chi connectivity index (χ4v) is 5.75. The molecule has 5 rings (SSSR count). The molecule has 3 heterocycles. The zero-order chi connectivity index (χ0) is 23.8. The molecule has 0 amide bonds. The number of carboxylic acids is 1. The van der Waals surface area contributed by atoms with E-state index in [1.165, 1.54) is 11.3 Å². The SMILES string of the molecule is COCN1c2ccc3c(nc(CCc4ncc(C)o4)n3C3CCC(C(=O)O)CC3)c2CC[C@@H]1C. The van der Waals surface area contributed by atoms with E-state index in [4.69, 9.17) is 14.1 Å². The zero-order valence-electron chi connectivity index (χ0n) is 20.3. The highest BCUT2D eigenvalue weighted by Gasteiger charge is 2.31. The molecule has 1 N–H and O–H groups in total. The lowest BCUT2D eigenvalue weighted by atomic mass is 9.85. The molecule has 1 aromatic carbocycles. The molecule has 1 fully saturated rings. The summed E-state index contributed by atoms with van der Waals surface area (Å²) in [5.41, 5.74) is 4.73. The van der Waals surface area contributed by atoms with Gasteiger partial charge in [0.25, 0.3) is 0 Å².